The van der Waals surface area contributed by atoms with Crippen LogP contribution < -0.4 is 5.32 Å². The summed E-state index contributed by atoms with van der Waals surface area (Å²) in [6, 6.07) is 13.0. The van der Waals surface area contributed by atoms with Crippen molar-refractivity contribution >= 4 is 40.7 Å². The highest BCUT2D eigenvalue weighted by Gasteiger charge is 2.21. The van der Waals surface area contributed by atoms with Crippen LogP contribution in [0, 0.1) is 0 Å². The number of carbonyl (C=O) groups is 1. The summed E-state index contributed by atoms with van der Waals surface area (Å²) in [7, 11) is 0. The van der Waals surface area contributed by atoms with Crippen LogP contribution in [0.3, 0.4) is 0 Å². The lowest BCUT2D eigenvalue weighted by Gasteiger charge is -2.22. The van der Waals surface area contributed by atoms with Gasteiger partial charge in [0.1, 0.15) is 0 Å². The largest absolute Gasteiger partial charge is 0.347 e. The first-order valence-electron chi connectivity index (χ1n) is 10.1. The monoisotopic (exact) mass is 461 g/mol. The van der Waals surface area contributed by atoms with Gasteiger partial charge in [0, 0.05) is 38.8 Å². The van der Waals surface area contributed by atoms with Crippen molar-refractivity contribution in [1.29, 1.82) is 0 Å². The first-order valence-corrected chi connectivity index (χ1v) is 11.2. The zero-order chi connectivity index (χ0) is 21.1. The summed E-state index contributed by atoms with van der Waals surface area (Å²) in [5.41, 5.74) is 3.31. The number of amides is 1. The predicted molar refractivity (Wildman–Crippen MR) is 123 cm³/mol. The summed E-state index contributed by atoms with van der Waals surface area (Å²) in [4.78, 5) is 20.7. The number of aromatic amines is 1. The number of hydrogen-bond acceptors (Lipinski definition) is 2. The van der Waals surface area contributed by atoms with E-state index in [1.807, 2.05) is 30.3 Å². The molecule has 0 aliphatic heterocycles. The van der Waals surface area contributed by atoms with E-state index in [2.05, 4.69) is 15.3 Å². The van der Waals surface area contributed by atoms with Crippen molar-refractivity contribution in [2.75, 3.05) is 0 Å². The molecular weight excluding hydrogens is 441 g/mol. The van der Waals surface area contributed by atoms with Gasteiger partial charge in [-0.15, -0.1) is 0 Å². The molecule has 4 rings (SSSR count). The van der Waals surface area contributed by atoms with Crippen molar-refractivity contribution in [3.63, 3.8) is 0 Å². The van der Waals surface area contributed by atoms with Gasteiger partial charge in [0.05, 0.1) is 5.69 Å². The summed E-state index contributed by atoms with van der Waals surface area (Å²) in [5.74, 6) is 0.135. The average molecular weight is 463 g/mol. The maximum Gasteiger partial charge on any atom is 0.287 e. The fourth-order valence-electron chi connectivity index (χ4n) is 3.85. The second-order valence-electron chi connectivity index (χ2n) is 7.64. The molecule has 0 saturated heterocycles. The van der Waals surface area contributed by atoms with Gasteiger partial charge in [-0.2, -0.15) is 0 Å². The zero-order valence-corrected chi connectivity index (χ0v) is 18.6. The molecule has 0 bridgehead atoms. The minimum Gasteiger partial charge on any atom is -0.347 e. The van der Waals surface area contributed by atoms with E-state index in [0.29, 0.717) is 33.0 Å². The number of hydrogen-bond donors (Lipinski definition) is 2. The highest BCUT2D eigenvalue weighted by molar-refractivity contribution is 6.35. The van der Waals surface area contributed by atoms with Crippen molar-refractivity contribution < 1.29 is 4.79 Å². The van der Waals surface area contributed by atoms with Gasteiger partial charge in [0.25, 0.3) is 5.91 Å². The smallest absolute Gasteiger partial charge is 0.287 e. The molecule has 1 fully saturated rings. The molecule has 4 nitrogen and oxygen atoms in total. The topological polar surface area (TPSA) is 57.8 Å². The van der Waals surface area contributed by atoms with E-state index < -0.39 is 0 Å². The standard InChI is InChI=1S/C23H22Cl3N3O/c24-16-9-6-14(7-10-16)21-20(12-15-8-11-17(25)13-19(15)26)28-22(29-21)23(30)27-18-4-2-1-3-5-18/h6-11,13,18H,1-5,12H2,(H,27,30)(H,28,29). The lowest BCUT2D eigenvalue weighted by Crippen LogP contribution is -2.36. The molecule has 1 aliphatic carbocycles. The number of rotatable bonds is 5. The molecule has 2 N–H and O–H groups in total. The van der Waals surface area contributed by atoms with Crippen LogP contribution in [0.25, 0.3) is 11.3 Å². The molecule has 1 saturated carbocycles. The van der Waals surface area contributed by atoms with Gasteiger partial charge < -0.3 is 10.3 Å². The maximum atomic E-state index is 12.9. The molecule has 0 spiro atoms. The molecule has 2 aromatic carbocycles. The van der Waals surface area contributed by atoms with E-state index in [0.717, 1.165) is 42.5 Å². The number of benzene rings is 2. The van der Waals surface area contributed by atoms with Crippen molar-refractivity contribution in [3.05, 3.63) is 74.6 Å². The summed E-state index contributed by atoms with van der Waals surface area (Å²) in [5, 5.41) is 4.93. The van der Waals surface area contributed by atoms with Crippen LogP contribution in [-0.4, -0.2) is 21.9 Å². The van der Waals surface area contributed by atoms with Gasteiger partial charge in [0.2, 0.25) is 0 Å². The predicted octanol–water partition coefficient (Wildman–Crippen LogP) is 6.69. The number of nitrogens with one attached hydrogen (secondary N) is 2. The molecule has 156 valence electrons. The molecular formula is C23H22Cl3N3O. The summed E-state index contributed by atoms with van der Waals surface area (Å²) < 4.78 is 0. The van der Waals surface area contributed by atoms with E-state index >= 15 is 0 Å². The summed E-state index contributed by atoms with van der Waals surface area (Å²) >= 11 is 18.5. The van der Waals surface area contributed by atoms with Gasteiger partial charge in [-0.1, -0.05) is 72.3 Å². The van der Waals surface area contributed by atoms with E-state index in [1.165, 1.54) is 6.42 Å². The molecule has 7 heteroatoms. The number of nitrogens with zero attached hydrogens (tertiary/aromatic N) is 1. The maximum absolute atomic E-state index is 12.9. The average Bonchev–Trinajstić information content (AvgIpc) is 3.15. The Kier molecular flexibility index (Phi) is 6.67. The Morgan fingerprint density at radius 1 is 1.00 bits per heavy atom. The normalized spacial score (nSPS) is 14.6. The van der Waals surface area contributed by atoms with Crippen molar-refractivity contribution in [2.45, 2.75) is 44.6 Å². The number of H-pyrrole nitrogens is 1. The van der Waals surface area contributed by atoms with Gasteiger partial charge in [-0.25, -0.2) is 4.98 Å². The third-order valence-corrected chi connectivity index (χ3v) is 6.27. The number of imidazole rings is 1. The van der Waals surface area contributed by atoms with Gasteiger partial charge in [-0.05, 0) is 42.7 Å². The minimum absolute atomic E-state index is 0.175. The van der Waals surface area contributed by atoms with E-state index in [9.17, 15) is 4.79 Å². The minimum atomic E-state index is -0.175. The molecule has 1 aliphatic rings. The van der Waals surface area contributed by atoms with Crippen molar-refractivity contribution in [2.24, 2.45) is 0 Å². The second-order valence-corrected chi connectivity index (χ2v) is 8.92. The second kappa shape index (κ2) is 9.42. The molecule has 0 unspecified atom stereocenters. The molecule has 3 aromatic rings. The molecule has 1 heterocycles. The zero-order valence-electron chi connectivity index (χ0n) is 16.4. The Bertz CT molecular complexity index is 1040. The quantitative estimate of drug-likeness (QED) is 0.444. The van der Waals surface area contributed by atoms with Crippen LogP contribution in [-0.2, 0) is 6.42 Å². The highest BCUT2D eigenvalue weighted by Crippen LogP contribution is 2.29. The van der Waals surface area contributed by atoms with Gasteiger partial charge >= 0.3 is 0 Å². The molecule has 0 atom stereocenters. The van der Waals surface area contributed by atoms with E-state index in [-0.39, 0.29) is 11.9 Å². The first kappa shape index (κ1) is 21.2. The van der Waals surface area contributed by atoms with Gasteiger partial charge in [0.15, 0.2) is 5.82 Å². The van der Waals surface area contributed by atoms with E-state index in [4.69, 9.17) is 34.8 Å². The lowest BCUT2D eigenvalue weighted by molar-refractivity contribution is 0.0918. The van der Waals surface area contributed by atoms with E-state index in [1.54, 1.807) is 12.1 Å². The summed E-state index contributed by atoms with van der Waals surface area (Å²) in [6.45, 7) is 0. The van der Waals surface area contributed by atoms with Crippen molar-refractivity contribution in [3.8, 4) is 11.3 Å². The molecule has 30 heavy (non-hydrogen) atoms. The van der Waals surface area contributed by atoms with Crippen LogP contribution >= 0.6 is 34.8 Å². The van der Waals surface area contributed by atoms with Crippen LogP contribution in [0.15, 0.2) is 42.5 Å². The lowest BCUT2D eigenvalue weighted by atomic mass is 9.95. The fraction of sp³-hybridized carbons (Fsp3) is 0.304. The van der Waals surface area contributed by atoms with Crippen LogP contribution in [0.4, 0.5) is 0 Å². The highest BCUT2D eigenvalue weighted by atomic mass is 35.5. The SMILES string of the molecule is O=C(NC1CCCCC1)c1nc(-c2ccc(Cl)cc2)c(Cc2ccc(Cl)cc2Cl)[nH]1. The first-order chi connectivity index (χ1) is 14.5. The molecule has 1 aromatic heterocycles. The Morgan fingerprint density at radius 2 is 1.70 bits per heavy atom. The molecule has 0 radical (unpaired) electrons. The van der Waals surface area contributed by atoms with Crippen LogP contribution in [0.2, 0.25) is 15.1 Å². The number of aromatic nitrogens is 2. The van der Waals surface area contributed by atoms with Crippen LogP contribution in [0.1, 0.15) is 54.0 Å². The summed E-state index contributed by atoms with van der Waals surface area (Å²) in [6.07, 6.45) is 6.07. The number of halogens is 3. The third-order valence-electron chi connectivity index (χ3n) is 5.43. The number of carbonyl (C=O) groups excluding carboxylic acids is 1. The third kappa shape index (κ3) is 5.00. The Morgan fingerprint density at radius 3 is 2.40 bits per heavy atom. The van der Waals surface area contributed by atoms with Crippen LogP contribution in [0.5, 0.6) is 0 Å². The van der Waals surface area contributed by atoms with Crippen molar-refractivity contribution in [1.82, 2.24) is 15.3 Å². The Balaban J connectivity index is 1.65. The van der Waals surface area contributed by atoms with Gasteiger partial charge in [-0.3, -0.25) is 4.79 Å². The Hall–Kier alpha value is -2.01. The molecule has 1 amide bonds. The Labute approximate surface area is 191 Å². The fourth-order valence-corrected chi connectivity index (χ4v) is 4.45.